The first-order chi connectivity index (χ1) is 5.47. The fraction of sp³-hybridized carbons (Fsp3) is 1.00. The van der Waals surface area contributed by atoms with E-state index in [4.69, 9.17) is 0 Å². The first kappa shape index (κ1) is 7.60. The number of hydrogen-bond donors (Lipinski definition) is 1. The van der Waals surface area contributed by atoms with Crippen LogP contribution in [-0.4, -0.2) is 12.6 Å². The van der Waals surface area contributed by atoms with E-state index in [0.29, 0.717) is 0 Å². The zero-order chi connectivity index (χ0) is 7.52. The molecular weight excluding hydrogens is 134 g/mol. The van der Waals surface area contributed by atoms with E-state index in [1.807, 2.05) is 0 Å². The summed E-state index contributed by atoms with van der Waals surface area (Å²) in [6.45, 7) is 1.28. The molecule has 1 unspecified atom stereocenters. The Hall–Kier alpha value is -0.0400. The van der Waals surface area contributed by atoms with Gasteiger partial charge in [0.2, 0.25) is 0 Å². The van der Waals surface area contributed by atoms with Gasteiger partial charge in [0.15, 0.2) is 0 Å². The molecule has 0 amide bonds. The lowest BCUT2D eigenvalue weighted by atomic mass is 9.86. The standard InChI is InChI=1S/C10H19N/c1-2-4-6-9(5-3-1)10-7-8-11-10/h9-11H,1-8H2. The maximum atomic E-state index is 3.54. The van der Waals surface area contributed by atoms with E-state index in [1.54, 1.807) is 0 Å². The minimum absolute atomic E-state index is 0.910. The van der Waals surface area contributed by atoms with Crippen LogP contribution in [0.1, 0.15) is 44.9 Å². The molecule has 11 heavy (non-hydrogen) atoms. The van der Waals surface area contributed by atoms with Crippen molar-refractivity contribution in [1.29, 1.82) is 0 Å². The summed E-state index contributed by atoms with van der Waals surface area (Å²) in [4.78, 5) is 0. The lowest BCUT2D eigenvalue weighted by molar-refractivity contribution is 0.239. The number of nitrogens with one attached hydrogen (secondary N) is 1. The van der Waals surface area contributed by atoms with E-state index in [9.17, 15) is 0 Å². The smallest absolute Gasteiger partial charge is 0.0107 e. The van der Waals surface area contributed by atoms with Crippen LogP contribution >= 0.6 is 0 Å². The number of rotatable bonds is 1. The molecule has 1 heteroatoms. The molecule has 1 aliphatic carbocycles. The van der Waals surface area contributed by atoms with Crippen molar-refractivity contribution >= 4 is 0 Å². The van der Waals surface area contributed by atoms with Gasteiger partial charge in [-0.3, -0.25) is 0 Å². The fourth-order valence-corrected chi connectivity index (χ4v) is 2.43. The third-order valence-corrected chi connectivity index (χ3v) is 3.33. The van der Waals surface area contributed by atoms with E-state index in [1.165, 1.54) is 51.5 Å². The van der Waals surface area contributed by atoms with Crippen molar-refractivity contribution in [3.05, 3.63) is 0 Å². The molecule has 1 atom stereocenters. The lowest BCUT2D eigenvalue weighted by Crippen LogP contribution is -2.47. The second kappa shape index (κ2) is 3.57. The van der Waals surface area contributed by atoms with Gasteiger partial charge in [-0.05, 0) is 31.7 Å². The van der Waals surface area contributed by atoms with Gasteiger partial charge in [-0.25, -0.2) is 0 Å². The Bertz CT molecular complexity index is 110. The van der Waals surface area contributed by atoms with Crippen LogP contribution in [0.15, 0.2) is 0 Å². The van der Waals surface area contributed by atoms with Gasteiger partial charge in [0.1, 0.15) is 0 Å². The van der Waals surface area contributed by atoms with Gasteiger partial charge in [0, 0.05) is 6.04 Å². The molecule has 64 valence electrons. The van der Waals surface area contributed by atoms with Gasteiger partial charge in [-0.1, -0.05) is 25.7 Å². The van der Waals surface area contributed by atoms with Crippen LogP contribution in [-0.2, 0) is 0 Å². The average molecular weight is 153 g/mol. The molecule has 1 saturated carbocycles. The highest BCUT2D eigenvalue weighted by atomic mass is 15.0. The van der Waals surface area contributed by atoms with E-state index in [-0.39, 0.29) is 0 Å². The van der Waals surface area contributed by atoms with Crippen molar-refractivity contribution in [3.8, 4) is 0 Å². The zero-order valence-corrected chi connectivity index (χ0v) is 7.31. The Morgan fingerprint density at radius 2 is 1.45 bits per heavy atom. The maximum Gasteiger partial charge on any atom is 0.0107 e. The highest BCUT2D eigenvalue weighted by Crippen LogP contribution is 2.28. The number of hydrogen-bond acceptors (Lipinski definition) is 1. The van der Waals surface area contributed by atoms with Crippen LogP contribution in [0, 0.1) is 5.92 Å². The predicted molar refractivity (Wildman–Crippen MR) is 47.6 cm³/mol. The van der Waals surface area contributed by atoms with E-state index < -0.39 is 0 Å². The van der Waals surface area contributed by atoms with Gasteiger partial charge in [-0.15, -0.1) is 0 Å². The first-order valence-corrected chi connectivity index (χ1v) is 5.20. The van der Waals surface area contributed by atoms with Crippen LogP contribution in [0.5, 0.6) is 0 Å². The normalized spacial score (nSPS) is 34.4. The van der Waals surface area contributed by atoms with Crippen LogP contribution < -0.4 is 5.32 Å². The molecule has 0 aromatic heterocycles. The summed E-state index contributed by atoms with van der Waals surface area (Å²) in [6.07, 6.45) is 10.4. The van der Waals surface area contributed by atoms with Gasteiger partial charge >= 0.3 is 0 Å². The molecular formula is C10H19N. The van der Waals surface area contributed by atoms with Crippen molar-refractivity contribution in [1.82, 2.24) is 5.32 Å². The molecule has 0 spiro atoms. The molecule has 1 saturated heterocycles. The largest absolute Gasteiger partial charge is 0.314 e. The molecule has 1 aliphatic heterocycles. The third kappa shape index (κ3) is 1.76. The summed E-state index contributed by atoms with van der Waals surface area (Å²) in [7, 11) is 0. The van der Waals surface area contributed by atoms with E-state index in [2.05, 4.69) is 5.32 Å². The highest BCUT2D eigenvalue weighted by Gasteiger charge is 2.26. The minimum atomic E-state index is 0.910. The quantitative estimate of drug-likeness (QED) is 0.570. The van der Waals surface area contributed by atoms with Crippen molar-refractivity contribution < 1.29 is 0 Å². The summed E-state index contributed by atoms with van der Waals surface area (Å²) in [6, 6.07) is 0.910. The van der Waals surface area contributed by atoms with Crippen LogP contribution in [0.25, 0.3) is 0 Å². The van der Waals surface area contributed by atoms with E-state index in [0.717, 1.165) is 12.0 Å². The van der Waals surface area contributed by atoms with Crippen molar-refractivity contribution in [2.24, 2.45) is 5.92 Å². The van der Waals surface area contributed by atoms with Crippen molar-refractivity contribution in [2.75, 3.05) is 6.54 Å². The minimum Gasteiger partial charge on any atom is -0.314 e. The molecule has 1 nitrogen and oxygen atoms in total. The van der Waals surface area contributed by atoms with Crippen molar-refractivity contribution in [3.63, 3.8) is 0 Å². The molecule has 0 radical (unpaired) electrons. The van der Waals surface area contributed by atoms with Gasteiger partial charge < -0.3 is 5.32 Å². The second-order valence-corrected chi connectivity index (χ2v) is 4.10. The molecule has 0 aromatic carbocycles. The molecule has 1 heterocycles. The van der Waals surface area contributed by atoms with Crippen molar-refractivity contribution in [2.45, 2.75) is 51.0 Å². The zero-order valence-electron chi connectivity index (χ0n) is 7.31. The molecule has 0 bridgehead atoms. The Kier molecular flexibility index (Phi) is 2.47. The molecule has 2 fully saturated rings. The van der Waals surface area contributed by atoms with Gasteiger partial charge in [-0.2, -0.15) is 0 Å². The molecule has 1 N–H and O–H groups in total. The summed E-state index contributed by atoms with van der Waals surface area (Å²) < 4.78 is 0. The van der Waals surface area contributed by atoms with Crippen LogP contribution in [0.4, 0.5) is 0 Å². The summed E-state index contributed by atoms with van der Waals surface area (Å²) in [5, 5.41) is 3.54. The summed E-state index contributed by atoms with van der Waals surface area (Å²) in [5.74, 6) is 1.03. The first-order valence-electron chi connectivity index (χ1n) is 5.20. The summed E-state index contributed by atoms with van der Waals surface area (Å²) in [5.41, 5.74) is 0. The Morgan fingerprint density at radius 1 is 0.818 bits per heavy atom. The van der Waals surface area contributed by atoms with Crippen LogP contribution in [0.3, 0.4) is 0 Å². The highest BCUT2D eigenvalue weighted by molar-refractivity contribution is 4.85. The average Bonchev–Trinajstić information content (AvgIpc) is 2.12. The molecule has 2 rings (SSSR count). The Balaban J connectivity index is 1.80. The SMILES string of the molecule is C1CCCC(C2CCN2)CC1. The monoisotopic (exact) mass is 153 g/mol. The molecule has 0 aromatic rings. The fourth-order valence-electron chi connectivity index (χ4n) is 2.43. The summed E-state index contributed by atoms with van der Waals surface area (Å²) >= 11 is 0. The third-order valence-electron chi connectivity index (χ3n) is 3.33. The maximum absolute atomic E-state index is 3.54. The Labute approximate surface area is 69.6 Å². The van der Waals surface area contributed by atoms with Crippen LogP contribution in [0.2, 0.25) is 0 Å². The van der Waals surface area contributed by atoms with Gasteiger partial charge in [0.05, 0.1) is 0 Å². The van der Waals surface area contributed by atoms with E-state index >= 15 is 0 Å². The predicted octanol–water partition coefficient (Wildman–Crippen LogP) is 2.32. The second-order valence-electron chi connectivity index (χ2n) is 4.10. The van der Waals surface area contributed by atoms with Gasteiger partial charge in [0.25, 0.3) is 0 Å². The molecule has 2 aliphatic rings. The Morgan fingerprint density at radius 3 is 1.91 bits per heavy atom. The topological polar surface area (TPSA) is 12.0 Å². The lowest BCUT2D eigenvalue weighted by Gasteiger charge is -2.34.